The Hall–Kier alpha value is -1.50. The fourth-order valence-corrected chi connectivity index (χ4v) is 1.50. The van der Waals surface area contributed by atoms with Gasteiger partial charge in [-0.3, -0.25) is 4.79 Å². The number of nitrogens with two attached hydrogens (primary N) is 1. The van der Waals surface area contributed by atoms with Crippen LogP contribution in [0, 0.1) is 0 Å². The molecule has 0 aromatic carbocycles. The summed E-state index contributed by atoms with van der Waals surface area (Å²) < 4.78 is 0. The van der Waals surface area contributed by atoms with E-state index in [1.54, 1.807) is 0 Å². The second-order valence-corrected chi connectivity index (χ2v) is 4.19. The molecule has 7 heteroatoms. The number of hydrogen-bond acceptors (Lipinski definition) is 5. The van der Waals surface area contributed by atoms with Crippen molar-refractivity contribution in [1.29, 1.82) is 0 Å². The summed E-state index contributed by atoms with van der Waals surface area (Å²) in [6.07, 6.45) is 2.84. The van der Waals surface area contributed by atoms with Gasteiger partial charge in [-0.25, -0.2) is 0 Å². The number of carbonyl (C=O) groups is 1. The van der Waals surface area contributed by atoms with E-state index in [-0.39, 0.29) is 18.0 Å². The van der Waals surface area contributed by atoms with Crippen LogP contribution in [-0.2, 0) is 4.79 Å². The lowest BCUT2D eigenvalue weighted by molar-refractivity contribution is -0.122. The van der Waals surface area contributed by atoms with Gasteiger partial charge in [-0.1, -0.05) is 18.6 Å². The van der Waals surface area contributed by atoms with Crippen LogP contribution in [0.4, 0.5) is 0 Å². The Bertz CT molecular complexity index is 324. The molecule has 0 fully saturated rings. The molecule has 0 saturated carbocycles. The summed E-state index contributed by atoms with van der Waals surface area (Å²) in [5, 5.41) is 16.6. The zero-order valence-corrected chi connectivity index (χ0v) is 10.3. The van der Waals surface area contributed by atoms with E-state index in [4.69, 9.17) is 5.73 Å². The van der Waals surface area contributed by atoms with Crippen LogP contribution in [0.15, 0.2) is 0 Å². The third-order valence-electron chi connectivity index (χ3n) is 2.41. The van der Waals surface area contributed by atoms with Gasteiger partial charge in [0.2, 0.25) is 5.91 Å². The first-order valence-electron chi connectivity index (χ1n) is 5.91. The number of hydrogen-bond donors (Lipinski definition) is 3. The largest absolute Gasteiger partial charge is 0.346 e. The van der Waals surface area contributed by atoms with E-state index in [2.05, 4.69) is 25.9 Å². The molecule has 0 saturated heterocycles. The third kappa shape index (κ3) is 4.90. The Morgan fingerprint density at radius 1 is 1.53 bits per heavy atom. The zero-order chi connectivity index (χ0) is 12.7. The van der Waals surface area contributed by atoms with Crippen LogP contribution >= 0.6 is 0 Å². The molecule has 0 aliphatic rings. The molecule has 1 rings (SSSR count). The van der Waals surface area contributed by atoms with Gasteiger partial charge < -0.3 is 11.1 Å². The lowest BCUT2D eigenvalue weighted by atomic mass is 10.1. The van der Waals surface area contributed by atoms with Crippen LogP contribution in [0.3, 0.4) is 0 Å². The molecular weight excluding hydrogens is 220 g/mol. The molecule has 2 atom stereocenters. The van der Waals surface area contributed by atoms with Gasteiger partial charge in [-0.15, -0.1) is 10.2 Å². The van der Waals surface area contributed by atoms with Gasteiger partial charge in [0, 0.05) is 12.5 Å². The molecule has 7 nitrogen and oxygen atoms in total. The molecule has 1 heterocycles. The summed E-state index contributed by atoms with van der Waals surface area (Å²) in [5.41, 5.74) is 5.61. The van der Waals surface area contributed by atoms with Crippen molar-refractivity contribution in [3.05, 3.63) is 5.82 Å². The summed E-state index contributed by atoms with van der Waals surface area (Å²) in [4.78, 5) is 11.7. The number of aromatic amines is 1. The maximum atomic E-state index is 11.7. The van der Waals surface area contributed by atoms with Crippen molar-refractivity contribution >= 4 is 5.91 Å². The molecule has 4 N–H and O–H groups in total. The number of nitrogens with one attached hydrogen (secondary N) is 2. The number of rotatable bonds is 7. The molecule has 0 aliphatic carbocycles. The summed E-state index contributed by atoms with van der Waals surface area (Å²) in [6, 6.07) is -0.130. The smallest absolute Gasteiger partial charge is 0.220 e. The predicted octanol–water partition coefficient (Wildman–Crippen LogP) is 0.285. The standard InChI is InChI=1S/C10H20N6O/c1-3-4-8(10-13-15-16-14-10)12-9(17)6-5-7(2)11/h7-8H,3-6,11H2,1-2H3,(H,12,17)(H,13,14,15,16). The van der Waals surface area contributed by atoms with Crippen molar-refractivity contribution in [3.8, 4) is 0 Å². The molecular formula is C10H20N6O. The monoisotopic (exact) mass is 240 g/mol. The highest BCUT2D eigenvalue weighted by molar-refractivity contribution is 5.76. The molecule has 0 bridgehead atoms. The number of tetrazole rings is 1. The summed E-state index contributed by atoms with van der Waals surface area (Å²) in [6.45, 7) is 3.93. The van der Waals surface area contributed by atoms with Crippen molar-refractivity contribution in [2.75, 3.05) is 0 Å². The minimum atomic E-state index is -0.167. The highest BCUT2D eigenvalue weighted by Gasteiger charge is 2.17. The van der Waals surface area contributed by atoms with Crippen molar-refractivity contribution in [2.24, 2.45) is 5.73 Å². The van der Waals surface area contributed by atoms with Crippen molar-refractivity contribution in [2.45, 2.75) is 51.6 Å². The molecule has 1 aromatic heterocycles. The van der Waals surface area contributed by atoms with Crippen molar-refractivity contribution < 1.29 is 4.79 Å². The average molecular weight is 240 g/mol. The van der Waals surface area contributed by atoms with Gasteiger partial charge >= 0.3 is 0 Å². The van der Waals surface area contributed by atoms with E-state index >= 15 is 0 Å². The number of carbonyl (C=O) groups excluding carboxylic acids is 1. The SMILES string of the molecule is CCCC(NC(=O)CCC(C)N)c1nn[nH]n1. The highest BCUT2D eigenvalue weighted by Crippen LogP contribution is 2.13. The minimum absolute atomic E-state index is 0.0226. The van der Waals surface area contributed by atoms with E-state index in [9.17, 15) is 4.79 Å². The molecule has 1 aromatic rings. The number of aromatic nitrogens is 4. The topological polar surface area (TPSA) is 110 Å². The maximum Gasteiger partial charge on any atom is 0.220 e. The van der Waals surface area contributed by atoms with Gasteiger partial charge in [-0.2, -0.15) is 5.21 Å². The van der Waals surface area contributed by atoms with Gasteiger partial charge in [0.1, 0.15) is 0 Å². The second-order valence-electron chi connectivity index (χ2n) is 4.19. The zero-order valence-electron chi connectivity index (χ0n) is 10.3. The van der Waals surface area contributed by atoms with Gasteiger partial charge in [-0.05, 0) is 19.8 Å². The quantitative estimate of drug-likeness (QED) is 0.634. The Kier molecular flexibility index (Phi) is 5.55. The third-order valence-corrected chi connectivity index (χ3v) is 2.41. The van der Waals surface area contributed by atoms with E-state index in [1.807, 2.05) is 13.8 Å². The summed E-state index contributed by atoms with van der Waals surface area (Å²) in [5.74, 6) is 0.506. The van der Waals surface area contributed by atoms with Crippen LogP contribution in [0.2, 0.25) is 0 Å². The van der Waals surface area contributed by atoms with Crippen molar-refractivity contribution in [1.82, 2.24) is 25.9 Å². The molecule has 0 radical (unpaired) electrons. The fourth-order valence-electron chi connectivity index (χ4n) is 1.50. The Balaban J connectivity index is 2.47. The second kappa shape index (κ2) is 6.95. The molecule has 96 valence electrons. The molecule has 1 amide bonds. The Morgan fingerprint density at radius 3 is 2.82 bits per heavy atom. The van der Waals surface area contributed by atoms with E-state index < -0.39 is 0 Å². The Labute approximate surface area is 101 Å². The van der Waals surface area contributed by atoms with Gasteiger partial charge in [0.25, 0.3) is 0 Å². The summed E-state index contributed by atoms with van der Waals surface area (Å²) >= 11 is 0. The molecule has 2 unspecified atom stereocenters. The highest BCUT2D eigenvalue weighted by atomic mass is 16.1. The van der Waals surface area contributed by atoms with Crippen LogP contribution in [0.5, 0.6) is 0 Å². The molecule has 0 spiro atoms. The molecule has 17 heavy (non-hydrogen) atoms. The van der Waals surface area contributed by atoms with Crippen LogP contribution in [0.25, 0.3) is 0 Å². The van der Waals surface area contributed by atoms with E-state index in [0.29, 0.717) is 18.7 Å². The average Bonchev–Trinajstić information content (AvgIpc) is 2.79. The minimum Gasteiger partial charge on any atom is -0.346 e. The number of H-pyrrole nitrogens is 1. The fraction of sp³-hybridized carbons (Fsp3) is 0.800. The summed E-state index contributed by atoms with van der Waals surface area (Å²) in [7, 11) is 0. The Morgan fingerprint density at radius 2 is 2.29 bits per heavy atom. The van der Waals surface area contributed by atoms with Crippen LogP contribution < -0.4 is 11.1 Å². The lowest BCUT2D eigenvalue weighted by Crippen LogP contribution is -2.30. The first-order chi connectivity index (χ1) is 8.13. The van der Waals surface area contributed by atoms with Crippen LogP contribution in [-0.4, -0.2) is 32.6 Å². The molecule has 0 aliphatic heterocycles. The van der Waals surface area contributed by atoms with Gasteiger partial charge in [0.05, 0.1) is 6.04 Å². The first kappa shape index (κ1) is 13.6. The predicted molar refractivity (Wildman–Crippen MR) is 62.9 cm³/mol. The van der Waals surface area contributed by atoms with E-state index in [1.165, 1.54) is 0 Å². The number of nitrogens with zero attached hydrogens (tertiary/aromatic N) is 3. The van der Waals surface area contributed by atoms with Crippen molar-refractivity contribution in [3.63, 3.8) is 0 Å². The lowest BCUT2D eigenvalue weighted by Gasteiger charge is -2.14. The normalized spacial score (nSPS) is 14.3. The van der Waals surface area contributed by atoms with Crippen LogP contribution in [0.1, 0.15) is 51.4 Å². The van der Waals surface area contributed by atoms with E-state index in [0.717, 1.165) is 12.8 Å². The first-order valence-corrected chi connectivity index (χ1v) is 5.91. The maximum absolute atomic E-state index is 11.7. The number of amides is 1. The van der Waals surface area contributed by atoms with Gasteiger partial charge in [0.15, 0.2) is 5.82 Å².